The Labute approximate surface area is 155 Å². The molecule has 0 aromatic heterocycles. The molecule has 1 aromatic carbocycles. The van der Waals surface area contributed by atoms with E-state index >= 15 is 0 Å². The highest BCUT2D eigenvalue weighted by atomic mass is 16.2. The quantitative estimate of drug-likeness (QED) is 0.825. The van der Waals surface area contributed by atoms with Gasteiger partial charge in [0.1, 0.15) is 6.04 Å². The van der Waals surface area contributed by atoms with Gasteiger partial charge in [-0.2, -0.15) is 5.26 Å². The summed E-state index contributed by atoms with van der Waals surface area (Å²) in [4.78, 5) is 25.3. The van der Waals surface area contributed by atoms with E-state index in [1.165, 1.54) is 5.56 Å². The molecule has 2 fully saturated rings. The van der Waals surface area contributed by atoms with Crippen LogP contribution in [0, 0.1) is 23.2 Å². The molecule has 1 aromatic rings. The predicted molar refractivity (Wildman–Crippen MR) is 99.3 cm³/mol. The molecule has 2 N–H and O–H groups in total. The van der Waals surface area contributed by atoms with Gasteiger partial charge < -0.3 is 10.6 Å². The molecule has 3 unspecified atom stereocenters. The molecule has 138 valence electrons. The van der Waals surface area contributed by atoms with Crippen molar-refractivity contribution >= 4 is 11.8 Å². The van der Waals surface area contributed by atoms with Gasteiger partial charge in [-0.25, -0.2) is 0 Å². The van der Waals surface area contributed by atoms with E-state index in [9.17, 15) is 14.9 Å². The van der Waals surface area contributed by atoms with E-state index in [1.54, 1.807) is 0 Å². The summed E-state index contributed by atoms with van der Waals surface area (Å²) < 4.78 is 0. The molecule has 0 saturated heterocycles. The molecule has 26 heavy (non-hydrogen) atoms. The first-order chi connectivity index (χ1) is 12.6. The van der Waals surface area contributed by atoms with Crippen LogP contribution in [0.25, 0.3) is 0 Å². The highest BCUT2D eigenvalue weighted by Crippen LogP contribution is 2.33. The summed E-state index contributed by atoms with van der Waals surface area (Å²) in [5, 5.41) is 15.2. The van der Waals surface area contributed by atoms with Crippen molar-refractivity contribution < 1.29 is 9.59 Å². The summed E-state index contributed by atoms with van der Waals surface area (Å²) in [6.07, 6.45) is 6.51. The second kappa shape index (κ2) is 8.35. The number of hydrogen-bond donors (Lipinski definition) is 2. The molecule has 0 radical (unpaired) electrons. The van der Waals surface area contributed by atoms with Crippen molar-refractivity contribution in [2.24, 2.45) is 11.8 Å². The third kappa shape index (κ3) is 4.43. The summed E-state index contributed by atoms with van der Waals surface area (Å²) in [7, 11) is 0. The average molecular weight is 353 g/mol. The largest absolute Gasteiger partial charge is 0.349 e. The molecule has 5 heteroatoms. The van der Waals surface area contributed by atoms with Gasteiger partial charge in [-0.05, 0) is 55.7 Å². The Balaban J connectivity index is 1.63. The second-order valence-corrected chi connectivity index (χ2v) is 7.47. The normalized spacial score (nSPS) is 23.5. The van der Waals surface area contributed by atoms with E-state index in [-0.39, 0.29) is 29.8 Å². The number of benzene rings is 1. The number of hydrogen-bond acceptors (Lipinski definition) is 3. The Kier molecular flexibility index (Phi) is 5.92. The summed E-state index contributed by atoms with van der Waals surface area (Å²) in [6, 6.07) is 9.26. The lowest BCUT2D eigenvalue weighted by Gasteiger charge is -2.32. The van der Waals surface area contributed by atoms with Crippen LogP contribution in [0.3, 0.4) is 0 Å². The van der Waals surface area contributed by atoms with Crippen LogP contribution >= 0.6 is 0 Å². The first kappa shape index (κ1) is 18.4. The fraction of sp³-hybridized carbons (Fsp3) is 0.571. The lowest BCUT2D eigenvalue weighted by molar-refractivity contribution is -0.127. The van der Waals surface area contributed by atoms with Crippen LogP contribution in [-0.4, -0.2) is 23.9 Å². The van der Waals surface area contributed by atoms with Crippen LogP contribution in [-0.2, 0) is 11.2 Å². The molecule has 5 nitrogen and oxygen atoms in total. The molecule has 3 rings (SSSR count). The topological polar surface area (TPSA) is 82.0 Å². The minimum atomic E-state index is -0.387. The molecule has 0 aliphatic heterocycles. The van der Waals surface area contributed by atoms with Crippen molar-refractivity contribution in [3.63, 3.8) is 0 Å². The lowest BCUT2D eigenvalue weighted by atomic mass is 9.83. The third-order valence-electron chi connectivity index (χ3n) is 5.57. The summed E-state index contributed by atoms with van der Waals surface area (Å²) >= 11 is 0. The predicted octanol–water partition coefficient (Wildman–Crippen LogP) is 2.96. The van der Waals surface area contributed by atoms with E-state index in [1.807, 2.05) is 24.3 Å². The second-order valence-electron chi connectivity index (χ2n) is 7.47. The van der Waals surface area contributed by atoms with Gasteiger partial charge in [0.25, 0.3) is 5.91 Å². The van der Waals surface area contributed by atoms with Crippen LogP contribution in [0.1, 0.15) is 61.4 Å². The van der Waals surface area contributed by atoms with Gasteiger partial charge in [-0.1, -0.05) is 31.9 Å². The van der Waals surface area contributed by atoms with Crippen LogP contribution < -0.4 is 10.6 Å². The standard InChI is InChI=1S/C21H27N3O2/c1-2-14-7-9-16(10-8-14)20(25)23-18-6-4-3-5-17(18)21(26)24-19(13-22)15-11-12-15/h7-10,15,17-19H,2-6,11-12H2,1H3,(H,23,25)(H,24,26). The highest BCUT2D eigenvalue weighted by Gasteiger charge is 2.37. The van der Waals surface area contributed by atoms with Gasteiger partial charge in [-0.15, -0.1) is 0 Å². The van der Waals surface area contributed by atoms with Gasteiger partial charge in [-0.3, -0.25) is 9.59 Å². The maximum Gasteiger partial charge on any atom is 0.251 e. The number of amides is 2. The summed E-state index contributed by atoms with van der Waals surface area (Å²) in [5.41, 5.74) is 1.82. The fourth-order valence-corrected chi connectivity index (χ4v) is 3.71. The number of rotatable bonds is 6. The number of aryl methyl sites for hydroxylation is 1. The zero-order valence-corrected chi connectivity index (χ0v) is 15.3. The number of nitrogens with zero attached hydrogens (tertiary/aromatic N) is 1. The lowest BCUT2D eigenvalue weighted by Crippen LogP contribution is -2.50. The van der Waals surface area contributed by atoms with E-state index in [0.717, 1.165) is 44.9 Å². The van der Waals surface area contributed by atoms with Crippen molar-refractivity contribution in [1.29, 1.82) is 5.26 Å². The van der Waals surface area contributed by atoms with Crippen LogP contribution in [0.15, 0.2) is 24.3 Å². The van der Waals surface area contributed by atoms with Crippen molar-refractivity contribution in [3.8, 4) is 6.07 Å². The number of nitrogens with one attached hydrogen (secondary N) is 2. The molecule has 2 aliphatic rings. The first-order valence-corrected chi connectivity index (χ1v) is 9.72. The zero-order chi connectivity index (χ0) is 18.5. The monoisotopic (exact) mass is 353 g/mol. The Morgan fingerprint density at radius 2 is 1.85 bits per heavy atom. The van der Waals surface area contributed by atoms with Gasteiger partial charge >= 0.3 is 0 Å². The number of carbonyl (C=O) groups is 2. The Hall–Kier alpha value is -2.35. The highest BCUT2D eigenvalue weighted by molar-refractivity contribution is 5.95. The summed E-state index contributed by atoms with van der Waals surface area (Å²) in [5.74, 6) is -0.166. The van der Waals surface area contributed by atoms with E-state index in [0.29, 0.717) is 11.5 Å². The maximum atomic E-state index is 12.7. The van der Waals surface area contributed by atoms with E-state index in [2.05, 4.69) is 23.6 Å². The van der Waals surface area contributed by atoms with Crippen molar-refractivity contribution in [2.75, 3.05) is 0 Å². The smallest absolute Gasteiger partial charge is 0.251 e. The van der Waals surface area contributed by atoms with Crippen molar-refractivity contribution in [1.82, 2.24) is 10.6 Å². The van der Waals surface area contributed by atoms with Crippen LogP contribution in [0.5, 0.6) is 0 Å². The Morgan fingerprint density at radius 1 is 1.15 bits per heavy atom. The number of carbonyl (C=O) groups excluding carboxylic acids is 2. The third-order valence-corrected chi connectivity index (χ3v) is 5.57. The average Bonchev–Trinajstić information content (AvgIpc) is 3.51. The molecule has 0 heterocycles. The minimum Gasteiger partial charge on any atom is -0.349 e. The van der Waals surface area contributed by atoms with Crippen molar-refractivity contribution in [3.05, 3.63) is 35.4 Å². The Bertz CT molecular complexity index is 688. The number of nitriles is 1. The molecular formula is C21H27N3O2. The van der Waals surface area contributed by atoms with E-state index in [4.69, 9.17) is 0 Å². The minimum absolute atomic E-state index is 0.0882. The van der Waals surface area contributed by atoms with Gasteiger partial charge in [0.2, 0.25) is 5.91 Å². The van der Waals surface area contributed by atoms with E-state index < -0.39 is 0 Å². The molecule has 0 spiro atoms. The molecule has 2 aliphatic carbocycles. The SMILES string of the molecule is CCc1ccc(C(=O)NC2CCCCC2C(=O)NC(C#N)C2CC2)cc1. The first-order valence-electron chi connectivity index (χ1n) is 9.72. The Morgan fingerprint density at radius 3 is 2.46 bits per heavy atom. The van der Waals surface area contributed by atoms with Crippen molar-refractivity contribution in [2.45, 2.75) is 64.0 Å². The van der Waals surface area contributed by atoms with Gasteiger partial charge in [0.15, 0.2) is 0 Å². The maximum absolute atomic E-state index is 12.7. The van der Waals surface area contributed by atoms with Gasteiger partial charge in [0.05, 0.1) is 12.0 Å². The van der Waals surface area contributed by atoms with Crippen LogP contribution in [0.4, 0.5) is 0 Å². The van der Waals surface area contributed by atoms with Crippen LogP contribution in [0.2, 0.25) is 0 Å². The molecule has 0 bridgehead atoms. The molecule has 2 saturated carbocycles. The van der Waals surface area contributed by atoms with Gasteiger partial charge in [0, 0.05) is 11.6 Å². The molecule has 3 atom stereocenters. The summed E-state index contributed by atoms with van der Waals surface area (Å²) in [6.45, 7) is 2.08. The molecular weight excluding hydrogens is 326 g/mol. The molecule has 2 amide bonds. The zero-order valence-electron chi connectivity index (χ0n) is 15.3. The fourth-order valence-electron chi connectivity index (χ4n) is 3.71.